The van der Waals surface area contributed by atoms with Crippen molar-refractivity contribution in [3.8, 4) is 0 Å². The van der Waals surface area contributed by atoms with Crippen LogP contribution in [0.4, 0.5) is 0 Å². The van der Waals surface area contributed by atoms with Gasteiger partial charge in [-0.25, -0.2) is 9.97 Å². The summed E-state index contributed by atoms with van der Waals surface area (Å²) in [5.74, 6) is 0.502. The van der Waals surface area contributed by atoms with E-state index in [4.69, 9.17) is 21.8 Å². The van der Waals surface area contributed by atoms with Crippen molar-refractivity contribution >= 4 is 22.7 Å². The lowest BCUT2D eigenvalue weighted by Gasteiger charge is -2.04. The second-order valence-electron chi connectivity index (χ2n) is 4.05. The summed E-state index contributed by atoms with van der Waals surface area (Å²) in [6.45, 7) is 0. The number of oxazole rings is 1. The lowest BCUT2D eigenvalue weighted by molar-refractivity contribution is 0.472. The van der Waals surface area contributed by atoms with Gasteiger partial charge in [0.2, 0.25) is 5.89 Å². The Labute approximate surface area is 108 Å². The second-order valence-corrected chi connectivity index (χ2v) is 4.49. The van der Waals surface area contributed by atoms with E-state index >= 15 is 0 Å². The third-order valence-electron chi connectivity index (χ3n) is 2.68. The topological polar surface area (TPSA) is 80.7 Å². The Morgan fingerprint density at radius 3 is 3.11 bits per heavy atom. The van der Waals surface area contributed by atoms with Crippen molar-refractivity contribution in [1.82, 2.24) is 15.0 Å². The summed E-state index contributed by atoms with van der Waals surface area (Å²) in [4.78, 5) is 11.3. The molecule has 0 aliphatic heterocycles. The number of hydrogen-bond acceptors (Lipinski definition) is 4. The normalized spacial score (nSPS) is 13.0. The molecule has 0 saturated heterocycles. The van der Waals surface area contributed by atoms with Crippen molar-refractivity contribution in [1.29, 1.82) is 0 Å². The number of hydrogen-bond donors (Lipinski definition) is 2. The number of fused-ring (bicyclic) bond motifs is 1. The van der Waals surface area contributed by atoms with Gasteiger partial charge in [0.15, 0.2) is 5.58 Å². The van der Waals surface area contributed by atoms with Gasteiger partial charge in [-0.15, -0.1) is 0 Å². The van der Waals surface area contributed by atoms with E-state index in [1.165, 1.54) is 0 Å². The molecular formula is C12H11ClN4O. The Morgan fingerprint density at radius 2 is 2.33 bits per heavy atom. The summed E-state index contributed by atoms with van der Waals surface area (Å²) >= 11 is 5.89. The zero-order valence-electron chi connectivity index (χ0n) is 9.43. The van der Waals surface area contributed by atoms with Crippen LogP contribution < -0.4 is 5.73 Å². The molecule has 0 aliphatic carbocycles. The van der Waals surface area contributed by atoms with Crippen LogP contribution >= 0.6 is 11.6 Å². The zero-order chi connectivity index (χ0) is 12.5. The van der Waals surface area contributed by atoms with Crippen LogP contribution in [0.15, 0.2) is 35.1 Å². The van der Waals surface area contributed by atoms with Crippen LogP contribution in [0.25, 0.3) is 11.1 Å². The predicted octanol–water partition coefficient (Wildman–Crippen LogP) is 2.45. The van der Waals surface area contributed by atoms with Crippen LogP contribution in [0, 0.1) is 0 Å². The van der Waals surface area contributed by atoms with Gasteiger partial charge in [-0.2, -0.15) is 0 Å². The second kappa shape index (κ2) is 4.44. The van der Waals surface area contributed by atoms with Crippen LogP contribution in [0.1, 0.15) is 17.6 Å². The molecule has 0 amide bonds. The van der Waals surface area contributed by atoms with E-state index in [0.29, 0.717) is 22.9 Å². The van der Waals surface area contributed by atoms with E-state index in [2.05, 4.69) is 15.0 Å². The minimum atomic E-state index is -0.309. The predicted molar refractivity (Wildman–Crippen MR) is 68.2 cm³/mol. The van der Waals surface area contributed by atoms with Gasteiger partial charge in [-0.05, 0) is 12.1 Å². The molecule has 0 fully saturated rings. The van der Waals surface area contributed by atoms with Crippen molar-refractivity contribution in [3.05, 3.63) is 47.3 Å². The summed E-state index contributed by atoms with van der Waals surface area (Å²) in [5.41, 5.74) is 8.41. The molecule has 2 heterocycles. The highest BCUT2D eigenvalue weighted by Crippen LogP contribution is 2.23. The first-order chi connectivity index (χ1) is 8.72. The minimum absolute atomic E-state index is 0.309. The maximum absolute atomic E-state index is 6.05. The van der Waals surface area contributed by atoms with Gasteiger partial charge in [0, 0.05) is 29.4 Å². The smallest absolute Gasteiger partial charge is 0.212 e. The number of nitrogens with zero attached hydrogens (tertiary/aromatic N) is 2. The molecule has 3 rings (SSSR count). The Kier molecular flexibility index (Phi) is 2.77. The van der Waals surface area contributed by atoms with E-state index in [1.807, 2.05) is 6.07 Å². The standard InChI is InChI=1S/C12H11ClN4O/c13-7-1-2-10-11(3-7)18-12(17-10)9(14)4-8-5-15-6-16-8/h1-3,5-6,9H,4,14H2,(H,15,16). The van der Waals surface area contributed by atoms with Gasteiger partial charge in [0.1, 0.15) is 5.52 Å². The minimum Gasteiger partial charge on any atom is -0.439 e. The number of H-pyrrole nitrogens is 1. The Balaban J connectivity index is 1.89. The molecule has 3 N–H and O–H groups in total. The molecule has 3 aromatic rings. The lowest BCUT2D eigenvalue weighted by Crippen LogP contribution is -2.13. The average molecular weight is 263 g/mol. The van der Waals surface area contributed by atoms with Crippen LogP contribution in [0.3, 0.4) is 0 Å². The molecule has 0 radical (unpaired) electrons. The fourth-order valence-electron chi connectivity index (χ4n) is 1.80. The van der Waals surface area contributed by atoms with Crippen LogP contribution in [0.2, 0.25) is 5.02 Å². The Hall–Kier alpha value is -1.85. The quantitative estimate of drug-likeness (QED) is 0.760. The number of aromatic nitrogens is 3. The van der Waals surface area contributed by atoms with Crippen molar-refractivity contribution in [2.75, 3.05) is 0 Å². The Morgan fingerprint density at radius 1 is 1.44 bits per heavy atom. The van der Waals surface area contributed by atoms with Gasteiger partial charge < -0.3 is 15.1 Å². The Bertz CT molecular complexity index is 662. The molecule has 92 valence electrons. The van der Waals surface area contributed by atoms with Gasteiger partial charge in [0.25, 0.3) is 0 Å². The summed E-state index contributed by atoms with van der Waals surface area (Å²) in [6.07, 6.45) is 3.95. The zero-order valence-corrected chi connectivity index (χ0v) is 10.2. The molecule has 0 spiro atoms. The van der Waals surface area contributed by atoms with E-state index in [-0.39, 0.29) is 6.04 Å². The monoisotopic (exact) mass is 262 g/mol. The molecule has 0 aliphatic rings. The van der Waals surface area contributed by atoms with Gasteiger partial charge in [-0.3, -0.25) is 0 Å². The highest BCUT2D eigenvalue weighted by Gasteiger charge is 2.15. The third kappa shape index (κ3) is 2.10. The van der Waals surface area contributed by atoms with Crippen LogP contribution in [-0.2, 0) is 6.42 Å². The van der Waals surface area contributed by atoms with Crippen molar-refractivity contribution in [2.45, 2.75) is 12.5 Å². The maximum atomic E-state index is 6.05. The first kappa shape index (κ1) is 11.3. The molecule has 5 nitrogen and oxygen atoms in total. The molecule has 2 aromatic heterocycles. The molecule has 1 aromatic carbocycles. The highest BCUT2D eigenvalue weighted by molar-refractivity contribution is 6.31. The van der Waals surface area contributed by atoms with E-state index in [9.17, 15) is 0 Å². The number of halogens is 1. The summed E-state index contributed by atoms with van der Waals surface area (Å²) in [6, 6.07) is 5.01. The summed E-state index contributed by atoms with van der Waals surface area (Å²) in [5, 5.41) is 0.618. The molecule has 1 unspecified atom stereocenters. The maximum Gasteiger partial charge on any atom is 0.212 e. The van der Waals surface area contributed by atoms with E-state index < -0.39 is 0 Å². The summed E-state index contributed by atoms with van der Waals surface area (Å²) in [7, 11) is 0. The first-order valence-electron chi connectivity index (χ1n) is 5.51. The average Bonchev–Trinajstić information content (AvgIpc) is 2.96. The number of imidazole rings is 1. The number of nitrogens with two attached hydrogens (primary N) is 1. The van der Waals surface area contributed by atoms with Gasteiger partial charge in [-0.1, -0.05) is 11.6 Å². The SMILES string of the molecule is NC(Cc1cnc[nH]1)c1nc2ccc(Cl)cc2o1. The van der Waals surface area contributed by atoms with E-state index in [1.54, 1.807) is 24.7 Å². The highest BCUT2D eigenvalue weighted by atomic mass is 35.5. The van der Waals surface area contributed by atoms with Crippen molar-refractivity contribution in [3.63, 3.8) is 0 Å². The largest absolute Gasteiger partial charge is 0.439 e. The fourth-order valence-corrected chi connectivity index (χ4v) is 1.96. The van der Waals surface area contributed by atoms with Crippen LogP contribution in [-0.4, -0.2) is 15.0 Å². The lowest BCUT2D eigenvalue weighted by atomic mass is 10.2. The fraction of sp³-hybridized carbons (Fsp3) is 0.167. The molecule has 0 saturated carbocycles. The number of nitrogens with one attached hydrogen (secondary N) is 1. The number of aromatic amines is 1. The van der Waals surface area contributed by atoms with Crippen LogP contribution in [0.5, 0.6) is 0 Å². The van der Waals surface area contributed by atoms with Crippen molar-refractivity contribution < 1.29 is 4.42 Å². The molecule has 0 bridgehead atoms. The van der Waals surface area contributed by atoms with Gasteiger partial charge >= 0.3 is 0 Å². The molecular weight excluding hydrogens is 252 g/mol. The summed E-state index contributed by atoms with van der Waals surface area (Å²) < 4.78 is 5.60. The van der Waals surface area contributed by atoms with Crippen molar-refractivity contribution in [2.24, 2.45) is 5.73 Å². The number of rotatable bonds is 3. The number of benzene rings is 1. The molecule has 6 heteroatoms. The van der Waals surface area contributed by atoms with E-state index in [0.717, 1.165) is 11.2 Å². The molecule has 18 heavy (non-hydrogen) atoms. The third-order valence-corrected chi connectivity index (χ3v) is 2.91. The van der Waals surface area contributed by atoms with Gasteiger partial charge in [0.05, 0.1) is 12.4 Å². The molecule has 1 atom stereocenters. The first-order valence-corrected chi connectivity index (χ1v) is 5.89.